The lowest BCUT2D eigenvalue weighted by atomic mass is 9.93. The van der Waals surface area contributed by atoms with E-state index in [2.05, 4.69) is 64.7 Å². The van der Waals surface area contributed by atoms with E-state index in [1.165, 1.54) is 76.2 Å². The Hall–Kier alpha value is -10.4. The zero-order valence-corrected chi connectivity index (χ0v) is 72.6. The van der Waals surface area contributed by atoms with E-state index in [4.69, 9.17) is 23.2 Å². The molecule has 47 heteroatoms. The number of alkyl halides is 15. The second-order valence-corrected chi connectivity index (χ2v) is 43.6. The van der Waals surface area contributed by atoms with Crippen LogP contribution in [0, 0.1) is 58.8 Å². The number of halogens is 21. The van der Waals surface area contributed by atoms with Crippen molar-refractivity contribution in [1.82, 2.24) is 59.7 Å². The lowest BCUT2D eigenvalue weighted by Crippen LogP contribution is -2.35. The topological polar surface area (TPSA) is 292 Å². The van der Waals surface area contributed by atoms with Gasteiger partial charge in [-0.15, -0.1) is 0 Å². The summed E-state index contributed by atoms with van der Waals surface area (Å²) in [7, 11) is -15.5. The van der Waals surface area contributed by atoms with E-state index in [1.807, 2.05) is 0 Å². The number of nitrogens with zero attached hydrogens (tertiary/aromatic N) is 10. The Bertz CT molecular complexity index is 6910. The number of sulfone groups is 4. The van der Waals surface area contributed by atoms with Crippen molar-refractivity contribution in [2.75, 3.05) is 18.8 Å². The van der Waals surface area contributed by atoms with Gasteiger partial charge in [0.2, 0.25) is 11.8 Å². The van der Waals surface area contributed by atoms with E-state index in [0.717, 1.165) is 43.0 Å². The molecule has 10 aromatic rings. The van der Waals surface area contributed by atoms with Gasteiger partial charge in [-0.2, -0.15) is 77.5 Å². The summed E-state index contributed by atoms with van der Waals surface area (Å²) in [5.41, 5.74) is -8.93. The van der Waals surface area contributed by atoms with Crippen LogP contribution in [0.25, 0.3) is 44.1 Å². The van der Waals surface area contributed by atoms with E-state index in [-0.39, 0.29) is 117 Å². The molecule has 15 rings (SSSR count). The van der Waals surface area contributed by atoms with Crippen LogP contribution >= 0.6 is 23.2 Å². The highest BCUT2D eigenvalue weighted by molar-refractivity contribution is 7.92. The lowest BCUT2D eigenvalue weighted by Gasteiger charge is -2.23. The lowest BCUT2D eigenvalue weighted by molar-refractivity contribution is -0.143. The summed E-state index contributed by atoms with van der Waals surface area (Å²) in [6, 6.07) is 11.2. The molecule has 3 fully saturated rings. The van der Waals surface area contributed by atoms with Gasteiger partial charge in [0.15, 0.2) is 45.0 Å². The number of aromatic nitrogens is 10. The van der Waals surface area contributed by atoms with Crippen LogP contribution in [0.3, 0.4) is 0 Å². The van der Waals surface area contributed by atoms with Gasteiger partial charge in [-0.25, -0.2) is 70.0 Å². The van der Waals surface area contributed by atoms with Crippen LogP contribution in [-0.2, 0) is 117 Å². The molecule has 5 aliphatic carbocycles. The molecular weight excluding hydrogens is 1870 g/mol. The summed E-state index contributed by atoms with van der Waals surface area (Å²) in [5, 5.41) is 18.6. The van der Waals surface area contributed by atoms with E-state index >= 15 is 17.6 Å². The maximum atomic E-state index is 15.5. The third kappa shape index (κ3) is 19.7. The number of hydrogen-bond acceptors (Lipinski definition) is 16. The van der Waals surface area contributed by atoms with Crippen LogP contribution in [0.2, 0.25) is 10.0 Å². The summed E-state index contributed by atoms with van der Waals surface area (Å²) in [6.45, 7) is -0.690. The molecule has 0 bridgehead atoms. The average Bonchev–Trinajstić information content (AvgIpc) is 1.52. The number of rotatable bonds is 24. The Balaban J connectivity index is 0.000000208. The van der Waals surface area contributed by atoms with E-state index < -0.39 is 246 Å². The fourth-order valence-electron chi connectivity index (χ4n) is 15.9. The van der Waals surface area contributed by atoms with E-state index in [0.29, 0.717) is 39.0 Å². The minimum atomic E-state index is -5.18. The first-order chi connectivity index (χ1) is 59.5. The Labute approximate surface area is 731 Å². The number of amides is 2. The van der Waals surface area contributed by atoms with Gasteiger partial charge < -0.3 is 10.6 Å². The molecule has 0 saturated heterocycles. The van der Waals surface area contributed by atoms with Gasteiger partial charge in [-0.3, -0.25) is 28.3 Å². The number of benzene rings is 4. The van der Waals surface area contributed by atoms with Crippen molar-refractivity contribution in [1.29, 1.82) is 0 Å². The first kappa shape index (κ1) is 94.8. The van der Waals surface area contributed by atoms with E-state index in [1.54, 1.807) is 0 Å². The van der Waals surface area contributed by atoms with Crippen LogP contribution in [0.15, 0.2) is 84.9 Å². The molecule has 4 aromatic carbocycles. The highest BCUT2D eigenvalue weighted by atomic mass is 35.5. The monoisotopic (exact) mass is 1940 g/mol. The molecule has 2 N–H and O–H groups in total. The molecule has 6 aromatic heterocycles. The van der Waals surface area contributed by atoms with Crippen LogP contribution in [0.4, 0.5) is 83.4 Å². The van der Waals surface area contributed by atoms with Crippen LogP contribution < -0.4 is 10.6 Å². The average molecular weight is 1940 g/mol. The first-order valence-corrected chi connectivity index (χ1v) is 47.0. The zero-order chi connectivity index (χ0) is 94.6. The standard InChI is InChI=1S/C42H36ClF9N6O5S2.C40H33ClF10N6O5S2/c1-40(2,64(3,60)61)11-10-23-4-7-25(26-8-9-29(43)34-31(18-65(62,63)24-5-6-24)55-58(37(26)34)19-41(48,49)50)35(53-23)30(14-20-12-21(44)15-22(45)13-20)54-32(59)17-57-38-33(36(56-57)39(46)47)27-16-28(27)42(38,51)52;1-37(2,64(4,61)62)10-9-22-5-6-23(24-7-8-27(41)32-29(17-63(3,59)60)54-57(34(24)32)18-38(44,45)46)33(52-22)28(13-19-11-20(42)14-21(43)12-19)53-30(58)16-56-36-31(35(55-56)40(49,50)51)25-15-26(25)39(36,47)48/h4,7-9,12-13,15,24,27-28,30,39H,5-6,14,16-19H2,1-3H3,(H,54,59);5-8,11-12,14,25-26,28H,13,15-18H2,1-4H3,(H,53,58)/t27-,28+,30?;25-,26+,28?/m00/s1. The number of fused-ring (bicyclic) bond motifs is 8. The van der Waals surface area contributed by atoms with Gasteiger partial charge in [0.05, 0.1) is 72.7 Å². The van der Waals surface area contributed by atoms with Crippen molar-refractivity contribution in [2.24, 2.45) is 11.8 Å². The molecular formula is C82H69Cl2F19N12O10S4. The normalized spacial score (nSPS) is 18.2. The molecule has 0 aliphatic heterocycles. The summed E-state index contributed by atoms with van der Waals surface area (Å²) in [6.07, 6.45) is -16.5. The molecule has 5 aliphatic rings. The molecule has 6 heterocycles. The summed E-state index contributed by atoms with van der Waals surface area (Å²) in [4.78, 5) is 37.2. The SMILES string of the molecule is CC(C)(C#Cc1ccc(-c2ccc(Cl)c3c(CS(=O)(=O)C4CC4)nn(CC(F)(F)F)c23)c(C(Cc2cc(F)cc(F)c2)NC(=O)Cn2nc(C(F)F)c3c2C(F)(F)[C@@H]2C[C@H]32)n1)S(C)(=O)=O.CC(C)(C#Cc1ccc(-c2ccc(Cl)c3c(CS(C)(=O)=O)nn(CC(F)(F)F)c23)c(C(Cc2cc(F)cc(F)c2)NC(=O)Cn2nc(C(F)(F)F)c3c2C(F)(F)[C@@H]2C[C@H]32)n1)S(C)(=O)=O. The van der Waals surface area contributed by atoms with Crippen molar-refractivity contribution in [3.8, 4) is 45.9 Å². The Morgan fingerprint density at radius 1 is 0.512 bits per heavy atom. The zero-order valence-electron chi connectivity index (χ0n) is 67.8. The number of hydrogen-bond donors (Lipinski definition) is 2. The van der Waals surface area contributed by atoms with Crippen LogP contribution in [0.5, 0.6) is 0 Å². The minimum Gasteiger partial charge on any atom is -0.346 e. The second kappa shape index (κ2) is 33.2. The van der Waals surface area contributed by atoms with Gasteiger partial charge in [-0.05, 0) is 162 Å². The number of carbonyl (C=O) groups excluding carboxylic acids is 2. The maximum absolute atomic E-state index is 15.5. The Kier molecular flexibility index (Phi) is 24.4. The summed E-state index contributed by atoms with van der Waals surface area (Å²) < 4.78 is 376. The molecule has 2 amide bonds. The molecule has 0 radical (unpaired) electrons. The van der Waals surface area contributed by atoms with Crippen LogP contribution in [-0.4, -0.2) is 140 Å². The predicted molar refractivity (Wildman–Crippen MR) is 430 cm³/mol. The third-order valence-corrected chi connectivity index (χ3v) is 30.0. The molecule has 3 saturated carbocycles. The largest absolute Gasteiger partial charge is 0.435 e. The number of carbonyl (C=O) groups is 2. The second-order valence-electron chi connectivity index (χ2n) is 33.2. The van der Waals surface area contributed by atoms with Crippen molar-refractivity contribution in [2.45, 2.75) is 179 Å². The smallest absolute Gasteiger partial charge is 0.346 e. The van der Waals surface area contributed by atoms with Gasteiger partial charge in [0.1, 0.15) is 87.4 Å². The molecule has 6 atom stereocenters. The molecule has 688 valence electrons. The summed E-state index contributed by atoms with van der Waals surface area (Å²) >= 11 is 13.1. The molecule has 129 heavy (non-hydrogen) atoms. The fourth-order valence-corrected chi connectivity index (χ4v) is 19.2. The highest BCUT2D eigenvalue weighted by Crippen LogP contribution is 2.70. The summed E-state index contributed by atoms with van der Waals surface area (Å²) in [5.74, 6) is -10.2. The number of pyridine rings is 2. The quantitative estimate of drug-likeness (QED) is 0.0420. The molecule has 22 nitrogen and oxygen atoms in total. The van der Waals surface area contributed by atoms with Gasteiger partial charge >= 0.3 is 18.5 Å². The fraction of sp³-hybridized carbons (Fsp3) is 0.415. The molecule has 2 unspecified atom stereocenters. The van der Waals surface area contributed by atoms with Crippen LogP contribution in [0.1, 0.15) is 163 Å². The highest BCUT2D eigenvalue weighted by Gasteiger charge is 2.69. The third-order valence-electron chi connectivity index (χ3n) is 22.5. The minimum absolute atomic E-state index is 0.0589. The maximum Gasteiger partial charge on any atom is 0.435 e. The first-order valence-electron chi connectivity index (χ1n) is 38.7. The number of nitrogens with one attached hydrogen (secondary N) is 2. The predicted octanol–water partition coefficient (Wildman–Crippen LogP) is 16.1. The van der Waals surface area contributed by atoms with Crippen molar-refractivity contribution in [3.05, 3.63) is 197 Å². The van der Waals surface area contributed by atoms with Crippen molar-refractivity contribution >= 4 is 96.2 Å². The molecule has 0 spiro atoms. The van der Waals surface area contributed by atoms with Gasteiger partial charge in [0.25, 0.3) is 18.3 Å². The van der Waals surface area contributed by atoms with Crippen molar-refractivity contribution < 1.29 is 127 Å². The van der Waals surface area contributed by atoms with Crippen molar-refractivity contribution in [3.63, 3.8) is 0 Å². The van der Waals surface area contributed by atoms with Gasteiger partial charge in [0, 0.05) is 86.9 Å². The van der Waals surface area contributed by atoms with Gasteiger partial charge in [-0.1, -0.05) is 47.2 Å². The Morgan fingerprint density at radius 2 is 0.891 bits per heavy atom. The Morgan fingerprint density at radius 3 is 1.26 bits per heavy atom. The van der Waals surface area contributed by atoms with E-state index in [9.17, 15) is 109 Å².